The first-order chi connectivity index (χ1) is 8.11. The minimum atomic E-state index is -0.432. The van der Waals surface area contributed by atoms with Gasteiger partial charge in [0.1, 0.15) is 5.54 Å². The van der Waals surface area contributed by atoms with Crippen molar-refractivity contribution in [3.63, 3.8) is 0 Å². The molecule has 0 radical (unpaired) electrons. The minimum Gasteiger partial charge on any atom is -0.368 e. The normalized spacial score (nSPS) is 18.9. The van der Waals surface area contributed by atoms with Gasteiger partial charge in [-0.1, -0.05) is 31.4 Å². The fourth-order valence-electron chi connectivity index (χ4n) is 2.44. The van der Waals surface area contributed by atoms with Gasteiger partial charge in [-0.2, -0.15) is 5.26 Å². The van der Waals surface area contributed by atoms with Crippen LogP contribution in [0.3, 0.4) is 0 Å². The predicted octanol–water partition coefficient (Wildman–Crippen LogP) is 3.88. The van der Waals surface area contributed by atoms with Gasteiger partial charge < -0.3 is 5.32 Å². The van der Waals surface area contributed by atoms with E-state index in [0.717, 1.165) is 18.0 Å². The summed E-state index contributed by atoms with van der Waals surface area (Å²) in [4.78, 5) is 0. The van der Waals surface area contributed by atoms with Crippen LogP contribution in [0.25, 0.3) is 0 Å². The fourth-order valence-corrected chi connectivity index (χ4v) is 2.44. The predicted molar refractivity (Wildman–Crippen MR) is 70.8 cm³/mol. The Labute approximate surface area is 104 Å². The third kappa shape index (κ3) is 3.00. The number of hydrogen-bond donors (Lipinski definition) is 1. The molecular formula is C15H20N2. The van der Waals surface area contributed by atoms with Crippen LogP contribution in [0.2, 0.25) is 0 Å². The molecular weight excluding hydrogens is 208 g/mol. The average Bonchev–Trinajstić information content (AvgIpc) is 2.24. The van der Waals surface area contributed by atoms with Crippen molar-refractivity contribution in [1.29, 1.82) is 5.26 Å². The molecule has 1 aromatic carbocycles. The highest BCUT2D eigenvalue weighted by Crippen LogP contribution is 2.34. The van der Waals surface area contributed by atoms with Gasteiger partial charge in [-0.25, -0.2) is 0 Å². The molecule has 17 heavy (non-hydrogen) atoms. The van der Waals surface area contributed by atoms with E-state index in [-0.39, 0.29) is 0 Å². The van der Waals surface area contributed by atoms with Gasteiger partial charge in [0, 0.05) is 5.69 Å². The highest BCUT2D eigenvalue weighted by atomic mass is 15.0. The zero-order valence-corrected chi connectivity index (χ0v) is 10.7. The summed E-state index contributed by atoms with van der Waals surface area (Å²) < 4.78 is 0. The van der Waals surface area contributed by atoms with E-state index in [2.05, 4.69) is 30.4 Å². The van der Waals surface area contributed by atoms with Crippen molar-refractivity contribution in [2.24, 2.45) is 5.92 Å². The van der Waals surface area contributed by atoms with Crippen LogP contribution in [0, 0.1) is 24.2 Å². The maximum Gasteiger partial charge on any atom is 0.122 e. The number of aryl methyl sites for hydroxylation is 1. The zero-order valence-electron chi connectivity index (χ0n) is 10.7. The maximum absolute atomic E-state index is 9.37. The standard InChI is InChI=1S/C15H20N2/c1-12-5-3-8-14(9-12)17-15(2,11-16)10-13-6-4-7-13/h3,5,8-9,13,17H,4,6-7,10H2,1-2H3. The van der Waals surface area contributed by atoms with E-state index in [0.29, 0.717) is 0 Å². The molecule has 2 nitrogen and oxygen atoms in total. The van der Waals surface area contributed by atoms with Crippen molar-refractivity contribution in [2.45, 2.75) is 45.1 Å². The minimum absolute atomic E-state index is 0.432. The van der Waals surface area contributed by atoms with Crippen molar-refractivity contribution >= 4 is 5.69 Å². The number of anilines is 1. The molecule has 0 amide bonds. The second kappa shape index (κ2) is 4.79. The zero-order chi connectivity index (χ0) is 12.3. The van der Waals surface area contributed by atoms with Gasteiger partial charge in [0.2, 0.25) is 0 Å². The summed E-state index contributed by atoms with van der Waals surface area (Å²) in [5.74, 6) is 0.733. The Morgan fingerprint density at radius 3 is 2.76 bits per heavy atom. The summed E-state index contributed by atoms with van der Waals surface area (Å²) >= 11 is 0. The Morgan fingerprint density at radius 1 is 1.47 bits per heavy atom. The summed E-state index contributed by atoms with van der Waals surface area (Å²) in [5, 5.41) is 12.8. The van der Waals surface area contributed by atoms with Crippen LogP contribution < -0.4 is 5.32 Å². The summed E-state index contributed by atoms with van der Waals surface area (Å²) in [6.45, 7) is 4.08. The molecule has 90 valence electrons. The molecule has 1 atom stereocenters. The Balaban J connectivity index is 2.05. The molecule has 1 saturated carbocycles. The van der Waals surface area contributed by atoms with Crippen molar-refractivity contribution in [3.05, 3.63) is 29.8 Å². The van der Waals surface area contributed by atoms with E-state index in [9.17, 15) is 5.26 Å². The topological polar surface area (TPSA) is 35.8 Å². The van der Waals surface area contributed by atoms with E-state index >= 15 is 0 Å². The molecule has 2 heteroatoms. The monoisotopic (exact) mass is 228 g/mol. The van der Waals surface area contributed by atoms with Gasteiger partial charge in [0.15, 0.2) is 0 Å². The first-order valence-electron chi connectivity index (χ1n) is 6.37. The van der Waals surface area contributed by atoms with Crippen LogP contribution in [-0.2, 0) is 0 Å². The van der Waals surface area contributed by atoms with Crippen LogP contribution in [0.1, 0.15) is 38.2 Å². The Morgan fingerprint density at radius 2 is 2.24 bits per heavy atom. The van der Waals surface area contributed by atoms with Crippen LogP contribution in [-0.4, -0.2) is 5.54 Å². The van der Waals surface area contributed by atoms with Crippen molar-refractivity contribution in [2.75, 3.05) is 5.32 Å². The van der Waals surface area contributed by atoms with Gasteiger partial charge in [0.25, 0.3) is 0 Å². The molecule has 0 spiro atoms. The van der Waals surface area contributed by atoms with Crippen LogP contribution in [0.4, 0.5) is 5.69 Å². The number of nitrogens with one attached hydrogen (secondary N) is 1. The van der Waals surface area contributed by atoms with E-state index in [1.807, 2.05) is 19.1 Å². The van der Waals surface area contributed by atoms with Crippen LogP contribution >= 0.6 is 0 Å². The SMILES string of the molecule is Cc1cccc(NC(C)(C#N)CC2CCC2)c1. The molecule has 0 bridgehead atoms. The van der Waals surface area contributed by atoms with Crippen molar-refractivity contribution in [1.82, 2.24) is 0 Å². The van der Waals surface area contributed by atoms with E-state index in [1.54, 1.807) is 0 Å². The summed E-state index contributed by atoms with van der Waals surface area (Å²) in [5.41, 5.74) is 1.84. The van der Waals surface area contributed by atoms with E-state index in [1.165, 1.54) is 24.8 Å². The lowest BCUT2D eigenvalue weighted by Gasteiger charge is -2.33. The number of nitrogens with zero attached hydrogens (tertiary/aromatic N) is 1. The first kappa shape index (κ1) is 12.0. The third-order valence-corrected chi connectivity index (χ3v) is 3.61. The molecule has 0 saturated heterocycles. The number of nitriles is 1. The fraction of sp³-hybridized carbons (Fsp3) is 0.533. The number of benzene rings is 1. The summed E-state index contributed by atoms with van der Waals surface area (Å²) in [7, 11) is 0. The van der Waals surface area contributed by atoms with Crippen LogP contribution in [0.15, 0.2) is 24.3 Å². The largest absolute Gasteiger partial charge is 0.368 e. The summed E-state index contributed by atoms with van der Waals surface area (Å²) in [6, 6.07) is 10.7. The lowest BCUT2D eigenvalue weighted by Crippen LogP contribution is -2.36. The highest BCUT2D eigenvalue weighted by molar-refractivity contribution is 5.49. The third-order valence-electron chi connectivity index (χ3n) is 3.61. The molecule has 1 aliphatic carbocycles. The molecule has 0 aromatic heterocycles. The lowest BCUT2D eigenvalue weighted by molar-refractivity contribution is 0.267. The quantitative estimate of drug-likeness (QED) is 0.849. The van der Waals surface area contributed by atoms with Crippen molar-refractivity contribution < 1.29 is 0 Å². The lowest BCUT2D eigenvalue weighted by atomic mass is 9.77. The molecule has 1 aromatic rings. The Bertz CT molecular complexity index is 429. The van der Waals surface area contributed by atoms with Gasteiger partial charge >= 0.3 is 0 Å². The molecule has 1 unspecified atom stereocenters. The maximum atomic E-state index is 9.37. The average molecular weight is 228 g/mol. The molecule has 1 N–H and O–H groups in total. The van der Waals surface area contributed by atoms with Gasteiger partial charge in [0.05, 0.1) is 6.07 Å². The van der Waals surface area contributed by atoms with Gasteiger partial charge in [-0.3, -0.25) is 0 Å². The Hall–Kier alpha value is -1.49. The second-order valence-corrected chi connectivity index (χ2v) is 5.44. The molecule has 0 aliphatic heterocycles. The number of hydrogen-bond acceptors (Lipinski definition) is 2. The first-order valence-corrected chi connectivity index (χ1v) is 6.37. The number of rotatable bonds is 4. The van der Waals surface area contributed by atoms with E-state index < -0.39 is 5.54 Å². The second-order valence-electron chi connectivity index (χ2n) is 5.44. The van der Waals surface area contributed by atoms with Gasteiger partial charge in [-0.15, -0.1) is 0 Å². The summed E-state index contributed by atoms with van der Waals surface area (Å²) in [6.07, 6.45) is 4.85. The molecule has 1 aliphatic rings. The molecule has 1 fully saturated rings. The highest BCUT2D eigenvalue weighted by Gasteiger charge is 2.30. The van der Waals surface area contributed by atoms with Crippen LogP contribution in [0.5, 0.6) is 0 Å². The van der Waals surface area contributed by atoms with E-state index in [4.69, 9.17) is 0 Å². The van der Waals surface area contributed by atoms with Gasteiger partial charge in [-0.05, 0) is 43.9 Å². The molecule has 2 rings (SSSR count). The smallest absolute Gasteiger partial charge is 0.122 e. The van der Waals surface area contributed by atoms with Crippen molar-refractivity contribution in [3.8, 4) is 6.07 Å². The Kier molecular flexibility index (Phi) is 3.38. The molecule has 0 heterocycles.